The van der Waals surface area contributed by atoms with Gasteiger partial charge in [0.1, 0.15) is 11.8 Å². The Balaban J connectivity index is 2.27. The molecule has 0 saturated heterocycles. The van der Waals surface area contributed by atoms with Crippen molar-refractivity contribution in [3.63, 3.8) is 0 Å². The van der Waals surface area contributed by atoms with E-state index in [-0.39, 0.29) is 0 Å². The number of hydrogen-bond donors (Lipinski definition) is 0. The van der Waals surface area contributed by atoms with Crippen molar-refractivity contribution in [1.82, 2.24) is 4.98 Å². The summed E-state index contributed by atoms with van der Waals surface area (Å²) in [6.07, 6.45) is 5.40. The largest absolute Gasteiger partial charge is 0.246 e. The SMILES string of the molecule is Cc1cc(-c2ccnc(C#N)c2)c(C(C)C)c2c1CCC2. The van der Waals surface area contributed by atoms with Crippen molar-refractivity contribution in [3.05, 3.63) is 52.3 Å². The summed E-state index contributed by atoms with van der Waals surface area (Å²) in [5.74, 6) is 0.492. The highest BCUT2D eigenvalue weighted by molar-refractivity contribution is 5.72. The van der Waals surface area contributed by atoms with Crippen LogP contribution in [0.4, 0.5) is 0 Å². The van der Waals surface area contributed by atoms with Crippen LogP contribution in [-0.4, -0.2) is 4.98 Å². The van der Waals surface area contributed by atoms with E-state index in [9.17, 15) is 0 Å². The number of rotatable bonds is 2. The molecule has 1 heterocycles. The molecule has 0 bridgehead atoms. The van der Waals surface area contributed by atoms with Crippen LogP contribution in [0.25, 0.3) is 11.1 Å². The lowest BCUT2D eigenvalue weighted by atomic mass is 9.85. The smallest absolute Gasteiger partial charge is 0.141 e. The Morgan fingerprint density at radius 1 is 1.19 bits per heavy atom. The molecule has 0 spiro atoms. The Bertz CT molecular complexity index is 736. The van der Waals surface area contributed by atoms with Gasteiger partial charge in [-0.05, 0) is 77.6 Å². The van der Waals surface area contributed by atoms with Crippen LogP contribution in [0.3, 0.4) is 0 Å². The van der Waals surface area contributed by atoms with E-state index in [0.717, 1.165) is 5.56 Å². The van der Waals surface area contributed by atoms with Crippen molar-refractivity contribution >= 4 is 0 Å². The Morgan fingerprint density at radius 2 is 1.95 bits per heavy atom. The minimum Gasteiger partial charge on any atom is -0.246 e. The number of fused-ring (bicyclic) bond motifs is 1. The van der Waals surface area contributed by atoms with E-state index in [0.29, 0.717) is 11.6 Å². The van der Waals surface area contributed by atoms with Crippen LogP contribution in [-0.2, 0) is 12.8 Å². The Morgan fingerprint density at radius 3 is 2.67 bits per heavy atom. The molecule has 3 rings (SSSR count). The quantitative estimate of drug-likeness (QED) is 0.807. The molecule has 1 aliphatic rings. The molecule has 1 aromatic carbocycles. The number of aryl methyl sites for hydroxylation is 1. The highest BCUT2D eigenvalue weighted by Crippen LogP contribution is 2.39. The predicted octanol–water partition coefficient (Wildman–Crippen LogP) is 4.54. The first kappa shape index (κ1) is 13.8. The van der Waals surface area contributed by atoms with E-state index in [1.54, 1.807) is 17.3 Å². The van der Waals surface area contributed by atoms with E-state index in [2.05, 4.69) is 37.9 Å². The summed E-state index contributed by atoms with van der Waals surface area (Å²) in [5.41, 5.74) is 8.83. The zero-order valence-corrected chi connectivity index (χ0v) is 12.9. The second kappa shape index (κ2) is 5.33. The lowest BCUT2D eigenvalue weighted by Crippen LogP contribution is -2.02. The molecule has 1 aromatic heterocycles. The second-order valence-corrected chi connectivity index (χ2v) is 6.16. The molecule has 0 saturated carbocycles. The first-order valence-corrected chi connectivity index (χ1v) is 7.63. The van der Waals surface area contributed by atoms with Gasteiger partial charge in [0.2, 0.25) is 0 Å². The number of hydrogen-bond acceptors (Lipinski definition) is 2. The molecule has 0 atom stereocenters. The Labute approximate surface area is 126 Å². The van der Waals surface area contributed by atoms with Crippen LogP contribution in [0.5, 0.6) is 0 Å². The molecule has 2 nitrogen and oxygen atoms in total. The first-order valence-electron chi connectivity index (χ1n) is 7.63. The summed E-state index contributed by atoms with van der Waals surface area (Å²) in [5, 5.41) is 9.08. The zero-order chi connectivity index (χ0) is 15.0. The molecule has 106 valence electrons. The van der Waals surface area contributed by atoms with E-state index in [1.807, 2.05) is 12.1 Å². The van der Waals surface area contributed by atoms with Gasteiger partial charge in [0.05, 0.1) is 0 Å². The van der Waals surface area contributed by atoms with Crippen LogP contribution >= 0.6 is 0 Å². The first-order chi connectivity index (χ1) is 10.1. The van der Waals surface area contributed by atoms with Crippen LogP contribution in [0.15, 0.2) is 24.4 Å². The molecule has 0 unspecified atom stereocenters. The fourth-order valence-corrected chi connectivity index (χ4v) is 3.58. The number of nitriles is 1. The van der Waals surface area contributed by atoms with E-state index >= 15 is 0 Å². The third kappa shape index (κ3) is 2.34. The van der Waals surface area contributed by atoms with E-state index in [4.69, 9.17) is 5.26 Å². The number of nitrogens with zero attached hydrogens (tertiary/aromatic N) is 2. The van der Waals surface area contributed by atoms with Gasteiger partial charge < -0.3 is 0 Å². The van der Waals surface area contributed by atoms with Gasteiger partial charge in [-0.1, -0.05) is 19.9 Å². The topological polar surface area (TPSA) is 36.7 Å². The molecule has 2 heteroatoms. The molecular formula is C19H20N2. The molecule has 0 N–H and O–H groups in total. The van der Waals surface area contributed by atoms with Gasteiger partial charge in [0, 0.05) is 6.20 Å². The summed E-state index contributed by atoms with van der Waals surface area (Å²) >= 11 is 0. The Hall–Kier alpha value is -2.14. The maximum Gasteiger partial charge on any atom is 0.141 e. The van der Waals surface area contributed by atoms with Gasteiger partial charge in [-0.25, -0.2) is 4.98 Å². The summed E-state index contributed by atoms with van der Waals surface area (Å²) in [6.45, 7) is 6.74. The van der Waals surface area contributed by atoms with Crippen molar-refractivity contribution in [2.24, 2.45) is 0 Å². The van der Waals surface area contributed by atoms with Gasteiger partial charge in [0.15, 0.2) is 0 Å². The molecule has 0 radical (unpaired) electrons. The van der Waals surface area contributed by atoms with Crippen molar-refractivity contribution in [3.8, 4) is 17.2 Å². The summed E-state index contributed by atoms with van der Waals surface area (Å²) < 4.78 is 0. The monoisotopic (exact) mass is 276 g/mol. The van der Waals surface area contributed by atoms with E-state index < -0.39 is 0 Å². The normalized spacial score (nSPS) is 13.3. The third-order valence-electron chi connectivity index (χ3n) is 4.43. The summed E-state index contributed by atoms with van der Waals surface area (Å²) in [7, 11) is 0. The van der Waals surface area contributed by atoms with Gasteiger partial charge >= 0.3 is 0 Å². The third-order valence-corrected chi connectivity index (χ3v) is 4.43. The van der Waals surface area contributed by atoms with Crippen LogP contribution < -0.4 is 0 Å². The van der Waals surface area contributed by atoms with Gasteiger partial charge in [-0.3, -0.25) is 0 Å². The highest BCUT2D eigenvalue weighted by Gasteiger charge is 2.22. The average molecular weight is 276 g/mol. The zero-order valence-electron chi connectivity index (χ0n) is 12.9. The maximum absolute atomic E-state index is 9.08. The van der Waals surface area contributed by atoms with E-state index in [1.165, 1.54) is 36.0 Å². The van der Waals surface area contributed by atoms with Crippen LogP contribution in [0.2, 0.25) is 0 Å². The predicted molar refractivity (Wildman–Crippen MR) is 85.2 cm³/mol. The summed E-state index contributed by atoms with van der Waals surface area (Å²) in [4.78, 5) is 4.09. The lowest BCUT2D eigenvalue weighted by molar-refractivity contribution is 0.840. The van der Waals surface area contributed by atoms with Crippen molar-refractivity contribution in [2.45, 2.75) is 46.0 Å². The average Bonchev–Trinajstić information content (AvgIpc) is 2.96. The minimum atomic E-state index is 0.486. The molecular weight excluding hydrogens is 256 g/mol. The number of pyridine rings is 1. The van der Waals surface area contributed by atoms with Crippen LogP contribution in [0.1, 0.15) is 54.1 Å². The lowest BCUT2D eigenvalue weighted by Gasteiger charge is -2.20. The fraction of sp³-hybridized carbons (Fsp3) is 0.368. The van der Waals surface area contributed by atoms with Crippen molar-refractivity contribution < 1.29 is 0 Å². The van der Waals surface area contributed by atoms with Gasteiger partial charge in [-0.15, -0.1) is 0 Å². The fourth-order valence-electron chi connectivity index (χ4n) is 3.58. The second-order valence-electron chi connectivity index (χ2n) is 6.16. The number of benzene rings is 1. The molecule has 21 heavy (non-hydrogen) atoms. The van der Waals surface area contributed by atoms with Crippen molar-refractivity contribution in [1.29, 1.82) is 5.26 Å². The number of aromatic nitrogens is 1. The minimum absolute atomic E-state index is 0.486. The standard InChI is InChI=1S/C19H20N2/c1-12(2)19-17-6-4-5-16(17)13(3)9-18(19)14-7-8-21-15(10-14)11-20/h7-10,12H,4-6H2,1-3H3. The van der Waals surface area contributed by atoms with Gasteiger partial charge in [-0.2, -0.15) is 5.26 Å². The summed E-state index contributed by atoms with van der Waals surface area (Å²) in [6, 6.07) is 8.36. The molecule has 0 amide bonds. The highest BCUT2D eigenvalue weighted by atomic mass is 14.7. The maximum atomic E-state index is 9.08. The Kier molecular flexibility index (Phi) is 3.51. The molecule has 0 fully saturated rings. The molecule has 0 aliphatic heterocycles. The van der Waals surface area contributed by atoms with Gasteiger partial charge in [0.25, 0.3) is 0 Å². The molecule has 1 aliphatic carbocycles. The van der Waals surface area contributed by atoms with Crippen molar-refractivity contribution in [2.75, 3.05) is 0 Å². The van der Waals surface area contributed by atoms with Crippen LogP contribution in [0, 0.1) is 18.3 Å². The molecule has 2 aromatic rings.